The predicted molar refractivity (Wildman–Crippen MR) is 119 cm³/mol. The minimum Gasteiger partial charge on any atom is -0.381 e. The van der Waals surface area contributed by atoms with Crippen LogP contribution in [0.1, 0.15) is 51.0 Å². The highest BCUT2D eigenvalue weighted by Gasteiger charge is 2.15. The van der Waals surface area contributed by atoms with E-state index in [1.807, 2.05) is 11.0 Å². The Hall–Kier alpha value is -2.08. The summed E-state index contributed by atoms with van der Waals surface area (Å²) in [4.78, 5) is 18.7. The number of carbonyl (C=O) groups is 1. The van der Waals surface area contributed by atoms with Crippen LogP contribution in [0.5, 0.6) is 0 Å². The Morgan fingerprint density at radius 2 is 1.97 bits per heavy atom. The highest BCUT2D eigenvalue weighted by molar-refractivity contribution is 5.79. The fourth-order valence-corrected chi connectivity index (χ4v) is 3.39. The van der Waals surface area contributed by atoms with Crippen molar-refractivity contribution in [3.63, 3.8) is 0 Å². The molecule has 1 aromatic rings. The standard InChI is InChI=1S/C23H38N4O2/c1-2-24-23(25-15-9-18-27-17-8-4-7-13-22(27)28)26-16-10-19-29-20-14-21-11-5-3-6-12-21/h3,5-6,11-12H,2,4,7-10,13-20H2,1H3,(H2,24,25,26). The minimum absolute atomic E-state index is 0.309. The van der Waals surface area contributed by atoms with Crippen LogP contribution in [0.2, 0.25) is 0 Å². The Bertz CT molecular complexity index is 592. The molecule has 0 radical (unpaired) electrons. The fraction of sp³-hybridized carbons (Fsp3) is 0.652. The predicted octanol–water partition coefficient (Wildman–Crippen LogP) is 2.98. The number of ether oxygens (including phenoxy) is 1. The Kier molecular flexibility index (Phi) is 11.9. The Morgan fingerprint density at radius 1 is 1.10 bits per heavy atom. The van der Waals surface area contributed by atoms with Gasteiger partial charge in [0.15, 0.2) is 5.96 Å². The molecule has 0 atom stereocenters. The van der Waals surface area contributed by atoms with Crippen molar-refractivity contribution >= 4 is 11.9 Å². The number of benzene rings is 1. The lowest BCUT2D eigenvalue weighted by molar-refractivity contribution is -0.130. The number of nitrogens with one attached hydrogen (secondary N) is 2. The van der Waals surface area contributed by atoms with Crippen LogP contribution in [0.15, 0.2) is 35.3 Å². The normalized spacial score (nSPS) is 15.3. The van der Waals surface area contributed by atoms with Gasteiger partial charge in [-0.3, -0.25) is 9.79 Å². The topological polar surface area (TPSA) is 66.0 Å². The van der Waals surface area contributed by atoms with E-state index in [-0.39, 0.29) is 0 Å². The van der Waals surface area contributed by atoms with Crippen LogP contribution in [-0.2, 0) is 16.0 Å². The average molecular weight is 403 g/mol. The van der Waals surface area contributed by atoms with Gasteiger partial charge in [0, 0.05) is 45.8 Å². The number of amides is 1. The zero-order valence-electron chi connectivity index (χ0n) is 18.0. The molecule has 0 aliphatic carbocycles. The monoisotopic (exact) mass is 402 g/mol. The molecule has 0 saturated carbocycles. The average Bonchev–Trinajstić information content (AvgIpc) is 2.95. The van der Waals surface area contributed by atoms with Crippen molar-refractivity contribution in [2.45, 2.75) is 51.9 Å². The molecule has 0 bridgehead atoms. The first-order chi connectivity index (χ1) is 14.3. The maximum atomic E-state index is 12.0. The van der Waals surface area contributed by atoms with Gasteiger partial charge in [0.1, 0.15) is 0 Å². The molecule has 0 unspecified atom stereocenters. The van der Waals surface area contributed by atoms with Crippen LogP contribution in [0.25, 0.3) is 0 Å². The van der Waals surface area contributed by atoms with Crippen molar-refractivity contribution in [2.24, 2.45) is 4.99 Å². The van der Waals surface area contributed by atoms with Gasteiger partial charge in [-0.1, -0.05) is 36.8 Å². The van der Waals surface area contributed by atoms with Gasteiger partial charge in [-0.05, 0) is 44.6 Å². The fourth-order valence-electron chi connectivity index (χ4n) is 3.39. The van der Waals surface area contributed by atoms with Crippen molar-refractivity contribution in [1.82, 2.24) is 15.5 Å². The summed E-state index contributed by atoms with van der Waals surface area (Å²) in [7, 11) is 0. The number of nitrogens with zero attached hydrogens (tertiary/aromatic N) is 2. The van der Waals surface area contributed by atoms with Gasteiger partial charge in [-0.25, -0.2) is 0 Å². The van der Waals surface area contributed by atoms with Gasteiger partial charge in [-0.2, -0.15) is 0 Å². The molecule has 2 rings (SSSR count). The van der Waals surface area contributed by atoms with E-state index in [4.69, 9.17) is 4.74 Å². The van der Waals surface area contributed by atoms with Crippen LogP contribution in [0, 0.1) is 0 Å². The second-order valence-corrected chi connectivity index (χ2v) is 7.43. The summed E-state index contributed by atoms with van der Waals surface area (Å²) in [6, 6.07) is 10.4. The first-order valence-electron chi connectivity index (χ1n) is 11.2. The largest absolute Gasteiger partial charge is 0.381 e. The maximum absolute atomic E-state index is 12.0. The molecule has 1 heterocycles. The smallest absolute Gasteiger partial charge is 0.222 e. The van der Waals surface area contributed by atoms with E-state index in [2.05, 4.69) is 46.8 Å². The van der Waals surface area contributed by atoms with Gasteiger partial charge in [-0.15, -0.1) is 0 Å². The summed E-state index contributed by atoms with van der Waals surface area (Å²) >= 11 is 0. The number of guanidine groups is 1. The van der Waals surface area contributed by atoms with E-state index >= 15 is 0 Å². The van der Waals surface area contributed by atoms with Crippen molar-refractivity contribution in [3.05, 3.63) is 35.9 Å². The zero-order chi connectivity index (χ0) is 20.6. The summed E-state index contributed by atoms with van der Waals surface area (Å²) in [5.74, 6) is 1.16. The van der Waals surface area contributed by atoms with E-state index in [1.165, 1.54) is 12.0 Å². The number of aliphatic imine (C=N–C) groups is 1. The molecule has 1 saturated heterocycles. The van der Waals surface area contributed by atoms with Gasteiger partial charge in [0.2, 0.25) is 5.91 Å². The lowest BCUT2D eigenvalue weighted by atomic mass is 10.2. The van der Waals surface area contributed by atoms with Crippen LogP contribution >= 0.6 is 0 Å². The highest BCUT2D eigenvalue weighted by Crippen LogP contribution is 2.11. The Balaban J connectivity index is 1.55. The molecule has 0 spiro atoms. The molecule has 1 fully saturated rings. The lowest BCUT2D eigenvalue weighted by Gasteiger charge is -2.20. The maximum Gasteiger partial charge on any atom is 0.222 e. The van der Waals surface area contributed by atoms with Crippen molar-refractivity contribution < 1.29 is 9.53 Å². The third kappa shape index (κ3) is 10.3. The van der Waals surface area contributed by atoms with Crippen LogP contribution in [-0.4, -0.2) is 62.7 Å². The molecule has 1 aliphatic heterocycles. The summed E-state index contributed by atoms with van der Waals surface area (Å²) in [6.45, 7) is 7.70. The molecular formula is C23H38N4O2. The first kappa shape index (κ1) is 23.2. The highest BCUT2D eigenvalue weighted by atomic mass is 16.5. The molecule has 6 heteroatoms. The SMILES string of the molecule is CCNC(=NCCCN1CCCCCC1=O)NCCCOCCc1ccccc1. The second kappa shape index (κ2) is 14.9. The van der Waals surface area contributed by atoms with E-state index in [1.54, 1.807) is 0 Å². The van der Waals surface area contributed by atoms with Crippen molar-refractivity contribution in [2.75, 3.05) is 45.9 Å². The van der Waals surface area contributed by atoms with Crippen molar-refractivity contribution in [1.29, 1.82) is 0 Å². The number of rotatable bonds is 12. The molecule has 29 heavy (non-hydrogen) atoms. The van der Waals surface area contributed by atoms with Crippen molar-refractivity contribution in [3.8, 4) is 0 Å². The Morgan fingerprint density at radius 3 is 2.79 bits per heavy atom. The van der Waals surface area contributed by atoms with E-state index in [0.717, 1.165) is 84.0 Å². The first-order valence-corrected chi connectivity index (χ1v) is 11.2. The zero-order valence-corrected chi connectivity index (χ0v) is 18.0. The molecule has 1 amide bonds. The molecule has 1 aromatic carbocycles. The minimum atomic E-state index is 0.309. The molecule has 2 N–H and O–H groups in total. The third-order valence-corrected chi connectivity index (χ3v) is 5.01. The lowest BCUT2D eigenvalue weighted by Crippen LogP contribution is -2.38. The molecule has 1 aliphatic rings. The van der Waals surface area contributed by atoms with E-state index < -0.39 is 0 Å². The van der Waals surface area contributed by atoms with Gasteiger partial charge >= 0.3 is 0 Å². The van der Waals surface area contributed by atoms with Gasteiger partial charge in [0.25, 0.3) is 0 Å². The summed E-state index contributed by atoms with van der Waals surface area (Å²) in [5, 5.41) is 6.65. The van der Waals surface area contributed by atoms with Gasteiger partial charge in [0.05, 0.1) is 6.61 Å². The summed E-state index contributed by atoms with van der Waals surface area (Å²) in [6.07, 6.45) is 6.86. The molecule has 0 aromatic heterocycles. The van der Waals surface area contributed by atoms with Crippen LogP contribution < -0.4 is 10.6 Å². The molecule has 6 nitrogen and oxygen atoms in total. The molecule has 162 valence electrons. The second-order valence-electron chi connectivity index (χ2n) is 7.43. The van der Waals surface area contributed by atoms with E-state index in [9.17, 15) is 4.79 Å². The van der Waals surface area contributed by atoms with E-state index in [0.29, 0.717) is 12.3 Å². The number of hydrogen-bond acceptors (Lipinski definition) is 3. The van der Waals surface area contributed by atoms with Gasteiger partial charge < -0.3 is 20.3 Å². The quantitative estimate of drug-likeness (QED) is 0.320. The van der Waals surface area contributed by atoms with Crippen LogP contribution in [0.3, 0.4) is 0 Å². The number of hydrogen-bond donors (Lipinski definition) is 2. The third-order valence-electron chi connectivity index (χ3n) is 5.01. The number of likely N-dealkylation sites (tertiary alicyclic amines) is 1. The van der Waals surface area contributed by atoms with Crippen LogP contribution in [0.4, 0.5) is 0 Å². The number of carbonyl (C=O) groups excluding carboxylic acids is 1. The summed E-state index contributed by atoms with van der Waals surface area (Å²) in [5.41, 5.74) is 1.31. The summed E-state index contributed by atoms with van der Waals surface area (Å²) < 4.78 is 5.73. The molecular weight excluding hydrogens is 364 g/mol. The Labute approximate surface area is 176 Å².